The van der Waals surface area contributed by atoms with Gasteiger partial charge in [0.25, 0.3) is 0 Å². The first kappa shape index (κ1) is 12.6. The number of hydrogen-bond acceptors (Lipinski definition) is 4. The molecule has 0 saturated heterocycles. The Hall–Kier alpha value is -0.450. The van der Waals surface area contributed by atoms with Gasteiger partial charge in [-0.3, -0.25) is 0 Å². The number of nitrogens with one attached hydrogen (secondary N) is 1. The molecule has 1 rings (SSSR count). The van der Waals surface area contributed by atoms with Crippen molar-refractivity contribution in [3.05, 3.63) is 16.1 Å². The fourth-order valence-electron chi connectivity index (χ4n) is 1.11. The Morgan fingerprint density at radius 2 is 2.27 bits per heavy atom. The summed E-state index contributed by atoms with van der Waals surface area (Å²) in [6.07, 6.45) is 1.25. The van der Waals surface area contributed by atoms with Gasteiger partial charge in [0.05, 0.1) is 5.69 Å². The molecule has 1 aromatic heterocycles. The van der Waals surface area contributed by atoms with Crippen LogP contribution in [-0.2, 0) is 11.3 Å². The van der Waals surface area contributed by atoms with Crippen molar-refractivity contribution in [3.63, 3.8) is 0 Å². The molecule has 1 aromatic rings. The molecule has 3 nitrogen and oxygen atoms in total. The first-order valence-electron chi connectivity index (χ1n) is 5.37. The summed E-state index contributed by atoms with van der Waals surface area (Å²) in [6.45, 7) is 7.23. The largest absolute Gasteiger partial charge is 0.375 e. The number of nitrogens with zero attached hydrogens (tertiary/aromatic N) is 1. The second-order valence-corrected chi connectivity index (χ2v) is 4.63. The Bertz CT molecular complexity index is 288. The number of methoxy groups -OCH3 is 1. The van der Waals surface area contributed by atoms with Crippen molar-refractivity contribution in [1.82, 2.24) is 10.3 Å². The summed E-state index contributed by atoms with van der Waals surface area (Å²) in [7, 11) is 1.71. The SMILES string of the molecule is CCC(C)NCc1csc(C(C)OC)n1. The number of aromatic nitrogens is 1. The molecule has 0 spiro atoms. The molecule has 0 radical (unpaired) electrons. The minimum absolute atomic E-state index is 0.104. The third kappa shape index (κ3) is 3.89. The number of ether oxygens (including phenoxy) is 1. The van der Waals surface area contributed by atoms with Crippen molar-refractivity contribution in [2.45, 2.75) is 45.9 Å². The van der Waals surface area contributed by atoms with Crippen molar-refractivity contribution in [1.29, 1.82) is 0 Å². The molecule has 0 bridgehead atoms. The van der Waals surface area contributed by atoms with Crippen LogP contribution < -0.4 is 5.32 Å². The molecular formula is C11H20N2OS. The maximum Gasteiger partial charge on any atom is 0.122 e. The third-order valence-corrected chi connectivity index (χ3v) is 3.57. The van der Waals surface area contributed by atoms with Gasteiger partial charge in [0.1, 0.15) is 11.1 Å². The Morgan fingerprint density at radius 1 is 1.53 bits per heavy atom. The minimum Gasteiger partial charge on any atom is -0.375 e. The van der Waals surface area contributed by atoms with Crippen LogP contribution in [0.3, 0.4) is 0 Å². The molecule has 2 atom stereocenters. The number of thiazole rings is 1. The smallest absolute Gasteiger partial charge is 0.122 e. The molecule has 86 valence electrons. The highest BCUT2D eigenvalue weighted by atomic mass is 32.1. The first-order chi connectivity index (χ1) is 7.17. The van der Waals surface area contributed by atoms with Crippen molar-refractivity contribution < 1.29 is 4.74 Å². The summed E-state index contributed by atoms with van der Waals surface area (Å²) in [5.74, 6) is 0. The Labute approximate surface area is 95.9 Å². The van der Waals surface area contributed by atoms with Crippen LogP contribution in [0.2, 0.25) is 0 Å². The van der Waals surface area contributed by atoms with E-state index >= 15 is 0 Å². The number of hydrogen-bond donors (Lipinski definition) is 1. The van der Waals surface area contributed by atoms with Crippen LogP contribution in [0.25, 0.3) is 0 Å². The van der Waals surface area contributed by atoms with Crippen LogP contribution in [0.4, 0.5) is 0 Å². The quantitative estimate of drug-likeness (QED) is 0.813. The highest BCUT2D eigenvalue weighted by molar-refractivity contribution is 7.09. The van der Waals surface area contributed by atoms with Crippen LogP contribution in [0, 0.1) is 0 Å². The van der Waals surface area contributed by atoms with E-state index in [1.165, 1.54) is 0 Å². The van der Waals surface area contributed by atoms with E-state index in [-0.39, 0.29) is 6.10 Å². The zero-order valence-corrected chi connectivity index (χ0v) is 10.7. The van der Waals surface area contributed by atoms with Gasteiger partial charge in [-0.1, -0.05) is 6.92 Å². The predicted molar refractivity (Wildman–Crippen MR) is 64.1 cm³/mol. The summed E-state index contributed by atoms with van der Waals surface area (Å²) < 4.78 is 5.22. The zero-order valence-electron chi connectivity index (χ0n) is 9.91. The van der Waals surface area contributed by atoms with Gasteiger partial charge in [-0.25, -0.2) is 4.98 Å². The van der Waals surface area contributed by atoms with Gasteiger partial charge >= 0.3 is 0 Å². The van der Waals surface area contributed by atoms with Crippen LogP contribution in [0.1, 0.15) is 44.0 Å². The lowest BCUT2D eigenvalue weighted by molar-refractivity contribution is 0.119. The lowest BCUT2D eigenvalue weighted by Crippen LogP contribution is -2.24. The average molecular weight is 228 g/mol. The molecule has 15 heavy (non-hydrogen) atoms. The van der Waals surface area contributed by atoms with E-state index in [1.807, 2.05) is 6.92 Å². The van der Waals surface area contributed by atoms with Gasteiger partial charge in [-0.05, 0) is 20.3 Å². The fourth-order valence-corrected chi connectivity index (χ4v) is 1.97. The van der Waals surface area contributed by atoms with E-state index < -0.39 is 0 Å². The molecular weight excluding hydrogens is 208 g/mol. The zero-order chi connectivity index (χ0) is 11.3. The molecule has 1 heterocycles. The van der Waals surface area contributed by atoms with Crippen molar-refractivity contribution >= 4 is 11.3 Å². The van der Waals surface area contributed by atoms with Gasteiger partial charge in [-0.15, -0.1) is 11.3 Å². The van der Waals surface area contributed by atoms with Crippen LogP contribution >= 0.6 is 11.3 Å². The Balaban J connectivity index is 2.46. The second-order valence-electron chi connectivity index (χ2n) is 3.75. The Morgan fingerprint density at radius 3 is 2.87 bits per heavy atom. The molecule has 0 aromatic carbocycles. The van der Waals surface area contributed by atoms with E-state index in [1.54, 1.807) is 18.4 Å². The summed E-state index contributed by atoms with van der Waals surface area (Å²) in [5, 5.41) is 6.57. The third-order valence-electron chi connectivity index (χ3n) is 2.51. The molecule has 4 heteroatoms. The molecule has 0 fully saturated rings. The molecule has 0 saturated carbocycles. The summed E-state index contributed by atoms with van der Waals surface area (Å²) in [5.41, 5.74) is 1.11. The molecule has 0 amide bonds. The van der Waals surface area contributed by atoms with Gasteiger partial charge in [-0.2, -0.15) is 0 Å². The fraction of sp³-hybridized carbons (Fsp3) is 0.727. The second kappa shape index (κ2) is 6.20. The number of rotatable bonds is 6. The van der Waals surface area contributed by atoms with Gasteiger partial charge in [0.15, 0.2) is 0 Å². The Kier molecular flexibility index (Phi) is 5.22. The molecule has 2 unspecified atom stereocenters. The van der Waals surface area contributed by atoms with E-state index in [2.05, 4.69) is 29.5 Å². The summed E-state index contributed by atoms with van der Waals surface area (Å²) >= 11 is 1.67. The minimum atomic E-state index is 0.104. The van der Waals surface area contributed by atoms with Crippen LogP contribution in [-0.4, -0.2) is 18.1 Å². The van der Waals surface area contributed by atoms with E-state index in [0.717, 1.165) is 23.7 Å². The predicted octanol–water partition coefficient (Wildman–Crippen LogP) is 2.74. The lowest BCUT2D eigenvalue weighted by atomic mass is 10.2. The summed E-state index contributed by atoms with van der Waals surface area (Å²) in [6, 6.07) is 0.551. The highest BCUT2D eigenvalue weighted by Gasteiger charge is 2.09. The maximum atomic E-state index is 5.22. The standard InChI is InChI=1S/C11H20N2OS/c1-5-8(2)12-6-10-7-15-11(13-10)9(3)14-4/h7-9,12H,5-6H2,1-4H3. The topological polar surface area (TPSA) is 34.1 Å². The van der Waals surface area contributed by atoms with Crippen molar-refractivity contribution in [2.75, 3.05) is 7.11 Å². The van der Waals surface area contributed by atoms with Gasteiger partial charge < -0.3 is 10.1 Å². The maximum absolute atomic E-state index is 5.22. The van der Waals surface area contributed by atoms with Gasteiger partial charge in [0, 0.05) is 25.1 Å². The summed E-state index contributed by atoms with van der Waals surface area (Å²) in [4.78, 5) is 4.52. The van der Waals surface area contributed by atoms with Gasteiger partial charge in [0.2, 0.25) is 0 Å². The van der Waals surface area contributed by atoms with E-state index in [0.29, 0.717) is 6.04 Å². The van der Waals surface area contributed by atoms with Crippen molar-refractivity contribution in [2.24, 2.45) is 0 Å². The highest BCUT2D eigenvalue weighted by Crippen LogP contribution is 2.20. The van der Waals surface area contributed by atoms with E-state index in [4.69, 9.17) is 4.74 Å². The molecule has 0 aliphatic rings. The van der Waals surface area contributed by atoms with Crippen LogP contribution in [0.15, 0.2) is 5.38 Å². The molecule has 1 N–H and O–H groups in total. The normalized spacial score (nSPS) is 15.2. The average Bonchev–Trinajstić information content (AvgIpc) is 2.73. The van der Waals surface area contributed by atoms with Crippen molar-refractivity contribution in [3.8, 4) is 0 Å². The monoisotopic (exact) mass is 228 g/mol. The van der Waals surface area contributed by atoms with Crippen LogP contribution in [0.5, 0.6) is 0 Å². The molecule has 0 aliphatic heterocycles. The lowest BCUT2D eigenvalue weighted by Gasteiger charge is -2.09. The first-order valence-corrected chi connectivity index (χ1v) is 6.25. The van der Waals surface area contributed by atoms with E-state index in [9.17, 15) is 0 Å². The molecule has 0 aliphatic carbocycles.